The Morgan fingerprint density at radius 3 is 2.48 bits per heavy atom. The summed E-state index contributed by atoms with van der Waals surface area (Å²) in [5.74, 6) is -0.380. The van der Waals surface area contributed by atoms with Crippen LogP contribution in [0.25, 0.3) is 0 Å². The van der Waals surface area contributed by atoms with Crippen molar-refractivity contribution in [3.05, 3.63) is 35.4 Å². The van der Waals surface area contributed by atoms with Crippen LogP contribution in [-0.2, 0) is 25.8 Å². The van der Waals surface area contributed by atoms with Gasteiger partial charge in [0.2, 0.25) is 11.8 Å². The first-order chi connectivity index (χ1) is 10.7. The molecule has 1 aromatic carbocycles. The van der Waals surface area contributed by atoms with Crippen LogP contribution in [0.5, 0.6) is 0 Å². The molecule has 1 N–H and O–H groups in total. The summed E-state index contributed by atoms with van der Waals surface area (Å²) in [5, 5.41) is 2.68. The lowest BCUT2D eigenvalue weighted by Gasteiger charge is -2.18. The summed E-state index contributed by atoms with van der Waals surface area (Å²) in [6, 6.07) is 7.33. The Bertz CT molecular complexity index is 683. The predicted molar refractivity (Wildman–Crippen MR) is 87.7 cm³/mol. The van der Waals surface area contributed by atoms with E-state index in [1.165, 1.54) is 4.90 Å². The first kappa shape index (κ1) is 17.5. The molecule has 1 aromatic rings. The predicted octanol–water partition coefficient (Wildman–Crippen LogP) is 0.299. The van der Waals surface area contributed by atoms with Gasteiger partial charge in [-0.05, 0) is 18.9 Å². The highest BCUT2D eigenvalue weighted by Gasteiger charge is 2.29. The molecule has 1 atom stereocenters. The maximum Gasteiger partial charge on any atom is 0.239 e. The van der Waals surface area contributed by atoms with Crippen LogP contribution in [0.1, 0.15) is 17.5 Å². The van der Waals surface area contributed by atoms with E-state index in [0.717, 1.165) is 11.1 Å². The highest BCUT2D eigenvalue weighted by Crippen LogP contribution is 2.11. The quantitative estimate of drug-likeness (QED) is 0.837. The lowest BCUT2D eigenvalue weighted by Crippen LogP contribution is -2.43. The number of hydrogen-bond acceptors (Lipinski definition) is 4. The van der Waals surface area contributed by atoms with E-state index in [1.54, 1.807) is 7.05 Å². The number of rotatable bonds is 5. The Kier molecular flexibility index (Phi) is 5.41. The Labute approximate surface area is 136 Å². The van der Waals surface area contributed by atoms with Gasteiger partial charge in [0.1, 0.15) is 0 Å². The van der Waals surface area contributed by atoms with Crippen LogP contribution in [0.3, 0.4) is 0 Å². The van der Waals surface area contributed by atoms with E-state index in [9.17, 15) is 18.0 Å². The number of likely N-dealkylation sites (N-methyl/N-ethyl adjacent to an activating group) is 1. The Balaban J connectivity index is 1.81. The average molecular weight is 338 g/mol. The summed E-state index contributed by atoms with van der Waals surface area (Å²) in [5.41, 5.74) is 2.02. The van der Waals surface area contributed by atoms with Gasteiger partial charge in [-0.3, -0.25) is 9.59 Å². The van der Waals surface area contributed by atoms with Gasteiger partial charge < -0.3 is 10.2 Å². The van der Waals surface area contributed by atoms with E-state index in [2.05, 4.69) is 5.32 Å². The largest absolute Gasteiger partial charge is 0.351 e. The molecule has 126 valence electrons. The molecule has 0 unspecified atom stereocenters. The SMILES string of the molecule is Cc1ccc(CC(=O)N(C)CC(=O)N[C@@H]2CCS(=O)(=O)C2)cc1. The third kappa shape index (κ3) is 5.35. The molecule has 0 bridgehead atoms. The molecule has 2 rings (SSSR count). The van der Waals surface area contributed by atoms with Gasteiger partial charge in [-0.25, -0.2) is 8.42 Å². The summed E-state index contributed by atoms with van der Waals surface area (Å²) < 4.78 is 22.7. The first-order valence-corrected chi connectivity index (χ1v) is 9.36. The number of carbonyl (C=O) groups is 2. The molecule has 7 heteroatoms. The smallest absolute Gasteiger partial charge is 0.239 e. The van der Waals surface area contributed by atoms with E-state index >= 15 is 0 Å². The number of nitrogens with zero attached hydrogens (tertiary/aromatic N) is 1. The van der Waals surface area contributed by atoms with Crippen molar-refractivity contribution >= 4 is 21.7 Å². The minimum atomic E-state index is -3.03. The second-order valence-electron chi connectivity index (χ2n) is 6.08. The number of carbonyl (C=O) groups excluding carboxylic acids is 2. The Hall–Kier alpha value is -1.89. The topological polar surface area (TPSA) is 83.6 Å². The van der Waals surface area contributed by atoms with E-state index in [0.29, 0.717) is 6.42 Å². The third-order valence-corrected chi connectivity index (χ3v) is 5.65. The fraction of sp³-hybridized carbons (Fsp3) is 0.500. The Morgan fingerprint density at radius 2 is 1.91 bits per heavy atom. The normalized spacial score (nSPS) is 19.3. The summed E-state index contributed by atoms with van der Waals surface area (Å²) >= 11 is 0. The molecule has 0 saturated carbocycles. The van der Waals surface area contributed by atoms with E-state index in [-0.39, 0.29) is 42.3 Å². The third-order valence-electron chi connectivity index (χ3n) is 3.88. The van der Waals surface area contributed by atoms with Gasteiger partial charge in [0.25, 0.3) is 0 Å². The maximum absolute atomic E-state index is 12.1. The summed E-state index contributed by atoms with van der Waals surface area (Å²) in [7, 11) is -1.45. The Morgan fingerprint density at radius 1 is 1.26 bits per heavy atom. The number of aryl methyl sites for hydroxylation is 1. The lowest BCUT2D eigenvalue weighted by molar-refractivity contribution is -0.134. The number of benzene rings is 1. The van der Waals surface area contributed by atoms with Crippen LogP contribution in [0.2, 0.25) is 0 Å². The van der Waals surface area contributed by atoms with Gasteiger partial charge in [0.15, 0.2) is 9.84 Å². The number of amides is 2. The molecule has 23 heavy (non-hydrogen) atoms. The van der Waals surface area contributed by atoms with Gasteiger partial charge >= 0.3 is 0 Å². The molecule has 1 aliphatic rings. The van der Waals surface area contributed by atoms with Crippen molar-refractivity contribution in [2.75, 3.05) is 25.1 Å². The van der Waals surface area contributed by atoms with Crippen LogP contribution in [0, 0.1) is 6.92 Å². The molecular weight excluding hydrogens is 316 g/mol. The van der Waals surface area contributed by atoms with Crippen molar-refractivity contribution in [2.45, 2.75) is 25.8 Å². The average Bonchev–Trinajstić information content (AvgIpc) is 2.80. The minimum absolute atomic E-state index is 0.0141. The van der Waals surface area contributed by atoms with E-state index in [1.807, 2.05) is 31.2 Å². The molecule has 1 saturated heterocycles. The fourth-order valence-electron chi connectivity index (χ4n) is 2.50. The molecule has 0 radical (unpaired) electrons. The van der Waals surface area contributed by atoms with Gasteiger partial charge in [-0.1, -0.05) is 29.8 Å². The van der Waals surface area contributed by atoms with E-state index in [4.69, 9.17) is 0 Å². The lowest BCUT2D eigenvalue weighted by atomic mass is 10.1. The van der Waals surface area contributed by atoms with Crippen LogP contribution in [0.4, 0.5) is 0 Å². The van der Waals surface area contributed by atoms with Gasteiger partial charge in [0, 0.05) is 13.1 Å². The number of hydrogen-bond donors (Lipinski definition) is 1. The van der Waals surface area contributed by atoms with Gasteiger partial charge in [-0.15, -0.1) is 0 Å². The molecule has 1 fully saturated rings. The minimum Gasteiger partial charge on any atom is -0.351 e. The molecular formula is C16H22N2O4S. The molecule has 1 heterocycles. The zero-order valence-corrected chi connectivity index (χ0v) is 14.2. The number of sulfone groups is 1. The summed E-state index contributed by atoms with van der Waals surface area (Å²) in [6.45, 7) is 1.91. The zero-order chi connectivity index (χ0) is 17.0. The van der Waals surface area contributed by atoms with Crippen molar-refractivity contribution in [2.24, 2.45) is 0 Å². The maximum atomic E-state index is 12.1. The van der Waals surface area contributed by atoms with Crippen LogP contribution >= 0.6 is 0 Å². The molecule has 0 aliphatic carbocycles. The molecule has 6 nitrogen and oxygen atoms in total. The first-order valence-electron chi connectivity index (χ1n) is 7.54. The van der Waals surface area contributed by atoms with E-state index < -0.39 is 9.84 Å². The van der Waals surface area contributed by atoms with Crippen molar-refractivity contribution in [3.8, 4) is 0 Å². The second kappa shape index (κ2) is 7.12. The van der Waals surface area contributed by atoms with Crippen molar-refractivity contribution in [3.63, 3.8) is 0 Å². The van der Waals surface area contributed by atoms with Crippen LogP contribution < -0.4 is 5.32 Å². The van der Waals surface area contributed by atoms with Crippen LogP contribution in [-0.4, -0.2) is 56.3 Å². The van der Waals surface area contributed by atoms with Gasteiger partial charge in [0.05, 0.1) is 24.5 Å². The standard InChI is InChI=1S/C16H22N2O4S/c1-12-3-5-13(6-4-12)9-16(20)18(2)10-15(19)17-14-7-8-23(21,22)11-14/h3-6,14H,7-11H2,1-2H3,(H,17,19)/t14-/m1/s1. The molecule has 0 aromatic heterocycles. The highest BCUT2D eigenvalue weighted by atomic mass is 32.2. The number of nitrogens with one attached hydrogen (secondary N) is 1. The fourth-order valence-corrected chi connectivity index (χ4v) is 4.17. The summed E-state index contributed by atoms with van der Waals surface area (Å²) in [4.78, 5) is 25.4. The van der Waals surface area contributed by atoms with Crippen molar-refractivity contribution in [1.82, 2.24) is 10.2 Å². The summed E-state index contributed by atoms with van der Waals surface area (Å²) in [6.07, 6.45) is 0.678. The van der Waals surface area contributed by atoms with Crippen LogP contribution in [0.15, 0.2) is 24.3 Å². The van der Waals surface area contributed by atoms with Crippen molar-refractivity contribution < 1.29 is 18.0 Å². The second-order valence-corrected chi connectivity index (χ2v) is 8.31. The molecule has 2 amide bonds. The van der Waals surface area contributed by atoms with Crippen molar-refractivity contribution in [1.29, 1.82) is 0 Å². The molecule has 0 spiro atoms. The highest BCUT2D eigenvalue weighted by molar-refractivity contribution is 7.91. The van der Waals surface area contributed by atoms with Gasteiger partial charge in [-0.2, -0.15) is 0 Å². The molecule has 1 aliphatic heterocycles. The zero-order valence-electron chi connectivity index (χ0n) is 13.4. The monoisotopic (exact) mass is 338 g/mol.